The third-order valence-corrected chi connectivity index (χ3v) is 11.9. The fraction of sp³-hybridized carbons (Fsp3) is 1.00. The van der Waals surface area contributed by atoms with E-state index in [4.69, 9.17) is 18.9 Å². The van der Waals surface area contributed by atoms with Gasteiger partial charge in [-0.05, 0) is 51.6 Å². The van der Waals surface area contributed by atoms with Crippen molar-refractivity contribution >= 4 is 0 Å². The molecule has 0 saturated carbocycles. The van der Waals surface area contributed by atoms with Gasteiger partial charge in [0.1, 0.15) is 0 Å². The van der Waals surface area contributed by atoms with Crippen LogP contribution in [0.3, 0.4) is 0 Å². The van der Waals surface area contributed by atoms with E-state index in [1.807, 2.05) is 0 Å². The molecule has 0 fully saturated rings. The Morgan fingerprint density at radius 1 is 0.274 bits per heavy atom. The fourth-order valence-corrected chi connectivity index (χ4v) is 8.11. The second kappa shape index (κ2) is 50.0. The Balaban J connectivity index is 4.78. The lowest BCUT2D eigenvalue weighted by Gasteiger charge is -2.27. The molecule has 10 heteroatoms. The van der Waals surface area contributed by atoms with Crippen molar-refractivity contribution in [2.24, 2.45) is 0 Å². The molecule has 62 heavy (non-hydrogen) atoms. The largest absolute Gasteiger partial charge is 0.389 e. The van der Waals surface area contributed by atoms with Crippen LogP contribution in [0, 0.1) is 0 Å². The summed E-state index contributed by atoms with van der Waals surface area (Å²) in [5, 5.41) is 43.4. The highest BCUT2D eigenvalue weighted by Gasteiger charge is 2.18. The number of ether oxygens (including phenoxy) is 4. The van der Waals surface area contributed by atoms with Gasteiger partial charge in [0.2, 0.25) is 0 Å². The van der Waals surface area contributed by atoms with Crippen LogP contribution >= 0.6 is 0 Å². The molecule has 4 atom stereocenters. The molecule has 4 N–H and O–H groups in total. The predicted molar refractivity (Wildman–Crippen MR) is 261 cm³/mol. The average molecular weight is 889 g/mol. The summed E-state index contributed by atoms with van der Waals surface area (Å²) >= 11 is 0. The molecule has 0 amide bonds. The van der Waals surface area contributed by atoms with Crippen molar-refractivity contribution in [2.45, 2.75) is 245 Å². The zero-order valence-corrected chi connectivity index (χ0v) is 41.7. The van der Waals surface area contributed by atoms with Gasteiger partial charge in [-0.3, -0.25) is 9.80 Å². The van der Waals surface area contributed by atoms with Gasteiger partial charge in [-0.2, -0.15) is 0 Å². The van der Waals surface area contributed by atoms with Crippen LogP contribution in [0.15, 0.2) is 0 Å². The number of aliphatic hydroxyl groups excluding tert-OH is 4. The summed E-state index contributed by atoms with van der Waals surface area (Å²) in [6.07, 6.45) is 33.4. The maximum absolute atomic E-state index is 10.9. The summed E-state index contributed by atoms with van der Waals surface area (Å²) in [4.78, 5) is 4.39. The van der Waals surface area contributed by atoms with Gasteiger partial charge in [-0.15, -0.1) is 0 Å². The molecule has 0 spiro atoms. The molecule has 0 radical (unpaired) electrons. The highest BCUT2D eigenvalue weighted by molar-refractivity contribution is 4.71. The molecule has 0 aromatic rings. The molecule has 0 aromatic heterocycles. The Morgan fingerprint density at radius 2 is 0.468 bits per heavy atom. The first kappa shape index (κ1) is 61.6. The van der Waals surface area contributed by atoms with E-state index in [-0.39, 0.29) is 0 Å². The number of hydrogen-bond donors (Lipinski definition) is 4. The Labute approximate surface area is 385 Å². The van der Waals surface area contributed by atoms with Crippen molar-refractivity contribution < 1.29 is 39.4 Å². The monoisotopic (exact) mass is 889 g/mol. The molecular formula is C52H108N2O8. The summed E-state index contributed by atoms with van der Waals surface area (Å²) in [5.41, 5.74) is 0. The number of rotatable bonds is 53. The minimum absolute atomic E-state index is 0.333. The molecule has 0 bridgehead atoms. The van der Waals surface area contributed by atoms with E-state index in [0.29, 0.717) is 79.0 Å². The standard InChI is InChI=1S/C52H108N2O8/c1-5-9-13-17-25-31-37-59-45-49(55)41-53(42-50(56)46-60-38-32-26-18-14-10-6-2)35-29-23-21-22-24-30-36-54(43-51(57)47-61-39-33-27-19-15-11-7-3)44-52(58)48-62-40-34-28-20-16-12-8-4/h49-52,55-58H,5-48H2,1-4H3. The van der Waals surface area contributed by atoms with Crippen molar-refractivity contribution in [2.75, 3.05) is 92.1 Å². The molecule has 374 valence electrons. The third kappa shape index (κ3) is 46.1. The van der Waals surface area contributed by atoms with E-state index in [2.05, 4.69) is 37.5 Å². The molecule has 0 aromatic carbocycles. The van der Waals surface area contributed by atoms with Crippen LogP contribution in [0.1, 0.15) is 220 Å². The van der Waals surface area contributed by atoms with E-state index in [9.17, 15) is 20.4 Å². The Kier molecular flexibility index (Phi) is 49.7. The van der Waals surface area contributed by atoms with Crippen molar-refractivity contribution in [3.8, 4) is 0 Å². The van der Waals surface area contributed by atoms with E-state index in [1.54, 1.807) is 0 Å². The lowest BCUT2D eigenvalue weighted by Crippen LogP contribution is -2.41. The highest BCUT2D eigenvalue weighted by atomic mass is 16.5. The molecule has 0 aliphatic carbocycles. The SMILES string of the molecule is CCCCCCCCOCC(O)CN(CCCCCCCCN(CC(O)COCCCCCCCC)CC(O)COCCCCCCCC)CC(O)COCCCCCCCC. The topological polar surface area (TPSA) is 124 Å². The summed E-state index contributed by atoms with van der Waals surface area (Å²) in [5.74, 6) is 0. The van der Waals surface area contributed by atoms with Gasteiger partial charge >= 0.3 is 0 Å². The zero-order valence-electron chi connectivity index (χ0n) is 41.7. The van der Waals surface area contributed by atoms with Crippen molar-refractivity contribution in [1.82, 2.24) is 9.80 Å². The Morgan fingerprint density at radius 3 is 0.694 bits per heavy atom. The lowest BCUT2D eigenvalue weighted by atomic mass is 10.1. The van der Waals surface area contributed by atoms with Gasteiger partial charge in [0, 0.05) is 52.6 Å². The molecule has 0 rings (SSSR count). The maximum atomic E-state index is 10.9. The van der Waals surface area contributed by atoms with E-state index in [0.717, 1.165) is 77.3 Å². The normalized spacial score (nSPS) is 14.0. The number of aliphatic hydroxyl groups is 4. The Bertz CT molecular complexity index is 723. The van der Waals surface area contributed by atoms with Gasteiger partial charge in [-0.25, -0.2) is 0 Å². The lowest BCUT2D eigenvalue weighted by molar-refractivity contribution is -0.0116. The highest BCUT2D eigenvalue weighted by Crippen LogP contribution is 2.12. The fourth-order valence-electron chi connectivity index (χ4n) is 8.11. The second-order valence-corrected chi connectivity index (χ2v) is 18.6. The molecule has 0 heterocycles. The first-order chi connectivity index (χ1) is 30.4. The van der Waals surface area contributed by atoms with Gasteiger partial charge in [0.15, 0.2) is 0 Å². The van der Waals surface area contributed by atoms with Gasteiger partial charge in [-0.1, -0.05) is 182 Å². The molecule has 0 aliphatic heterocycles. The van der Waals surface area contributed by atoms with Crippen LogP contribution in [0.5, 0.6) is 0 Å². The zero-order chi connectivity index (χ0) is 45.4. The molecule has 4 unspecified atom stereocenters. The molecule has 0 saturated heterocycles. The smallest absolute Gasteiger partial charge is 0.0900 e. The minimum Gasteiger partial charge on any atom is -0.389 e. The van der Waals surface area contributed by atoms with Crippen LogP contribution in [-0.2, 0) is 18.9 Å². The predicted octanol–water partition coefficient (Wildman–Crippen LogP) is 10.9. The van der Waals surface area contributed by atoms with E-state index >= 15 is 0 Å². The van der Waals surface area contributed by atoms with E-state index in [1.165, 1.54) is 128 Å². The van der Waals surface area contributed by atoms with Gasteiger partial charge in [0.05, 0.1) is 50.8 Å². The van der Waals surface area contributed by atoms with Crippen LogP contribution in [-0.4, -0.2) is 147 Å². The second-order valence-electron chi connectivity index (χ2n) is 18.6. The third-order valence-electron chi connectivity index (χ3n) is 11.9. The maximum Gasteiger partial charge on any atom is 0.0900 e. The minimum atomic E-state index is -0.579. The molecular weight excluding hydrogens is 781 g/mol. The summed E-state index contributed by atoms with van der Waals surface area (Å²) in [7, 11) is 0. The Hall–Kier alpha value is -0.400. The molecule has 10 nitrogen and oxygen atoms in total. The van der Waals surface area contributed by atoms with Crippen LogP contribution < -0.4 is 0 Å². The van der Waals surface area contributed by atoms with Crippen molar-refractivity contribution in [3.63, 3.8) is 0 Å². The molecule has 0 aliphatic rings. The first-order valence-corrected chi connectivity index (χ1v) is 26.8. The average Bonchev–Trinajstić information content (AvgIpc) is 3.25. The van der Waals surface area contributed by atoms with Crippen molar-refractivity contribution in [3.05, 3.63) is 0 Å². The van der Waals surface area contributed by atoms with Gasteiger partial charge in [0.25, 0.3) is 0 Å². The van der Waals surface area contributed by atoms with Crippen LogP contribution in [0.4, 0.5) is 0 Å². The van der Waals surface area contributed by atoms with Gasteiger partial charge < -0.3 is 39.4 Å². The quantitative estimate of drug-likeness (QED) is 0.0439. The van der Waals surface area contributed by atoms with Crippen LogP contribution in [0.2, 0.25) is 0 Å². The number of nitrogens with zero attached hydrogens (tertiary/aromatic N) is 2. The van der Waals surface area contributed by atoms with Crippen LogP contribution in [0.25, 0.3) is 0 Å². The summed E-state index contributed by atoms with van der Waals surface area (Å²) in [6.45, 7) is 16.7. The van der Waals surface area contributed by atoms with E-state index < -0.39 is 24.4 Å². The first-order valence-electron chi connectivity index (χ1n) is 26.8. The summed E-state index contributed by atoms with van der Waals surface area (Å²) < 4.78 is 23.4. The number of unbranched alkanes of at least 4 members (excludes halogenated alkanes) is 25. The summed E-state index contributed by atoms with van der Waals surface area (Å²) in [6, 6.07) is 0. The van der Waals surface area contributed by atoms with Crippen molar-refractivity contribution in [1.29, 1.82) is 0 Å². The number of hydrogen-bond acceptors (Lipinski definition) is 10.